The van der Waals surface area contributed by atoms with Gasteiger partial charge in [0, 0.05) is 5.57 Å². The molecule has 1 amide bonds. The Balaban J connectivity index is 3.60. The standard InChI is InChI=1S/C10H16N2O4/c1-7(2)9(13)15-6-5-11-10(14)16-12-8(3)4/h1,5-6H2,2-4H3,(H,11,14). The van der Waals surface area contributed by atoms with Crippen molar-refractivity contribution in [1.82, 2.24) is 5.32 Å². The third-order valence-corrected chi connectivity index (χ3v) is 1.26. The molecule has 0 saturated carbocycles. The highest BCUT2D eigenvalue weighted by Gasteiger charge is 2.04. The van der Waals surface area contributed by atoms with Crippen LogP contribution in [-0.4, -0.2) is 30.9 Å². The van der Waals surface area contributed by atoms with Crippen molar-refractivity contribution in [3.63, 3.8) is 0 Å². The molecular weight excluding hydrogens is 212 g/mol. The number of carbonyl (C=O) groups excluding carboxylic acids is 2. The zero-order chi connectivity index (χ0) is 12.6. The lowest BCUT2D eigenvalue weighted by molar-refractivity contribution is -0.138. The summed E-state index contributed by atoms with van der Waals surface area (Å²) >= 11 is 0. The molecule has 0 aromatic rings. The van der Waals surface area contributed by atoms with E-state index in [0.717, 1.165) is 0 Å². The molecule has 0 heterocycles. The number of hydrogen-bond acceptors (Lipinski definition) is 5. The quantitative estimate of drug-likeness (QED) is 0.192. The Kier molecular flexibility index (Phi) is 6.58. The van der Waals surface area contributed by atoms with E-state index in [1.165, 1.54) is 0 Å². The molecule has 6 nitrogen and oxygen atoms in total. The van der Waals surface area contributed by atoms with Gasteiger partial charge in [-0.1, -0.05) is 11.7 Å². The summed E-state index contributed by atoms with van der Waals surface area (Å²) in [5.41, 5.74) is 0.942. The highest BCUT2D eigenvalue weighted by atomic mass is 16.7. The van der Waals surface area contributed by atoms with Crippen LogP contribution in [-0.2, 0) is 14.4 Å². The fraction of sp³-hybridized carbons (Fsp3) is 0.500. The Labute approximate surface area is 94.3 Å². The Morgan fingerprint density at radius 2 is 1.94 bits per heavy atom. The number of ether oxygens (including phenoxy) is 1. The Hall–Kier alpha value is -1.85. The van der Waals surface area contributed by atoms with E-state index in [9.17, 15) is 9.59 Å². The number of oxime groups is 1. The van der Waals surface area contributed by atoms with E-state index in [1.54, 1.807) is 20.8 Å². The molecule has 0 aromatic heterocycles. The normalized spacial score (nSPS) is 8.94. The van der Waals surface area contributed by atoms with Crippen LogP contribution in [0.15, 0.2) is 17.3 Å². The van der Waals surface area contributed by atoms with Crippen molar-refractivity contribution >= 4 is 17.8 Å². The van der Waals surface area contributed by atoms with E-state index in [1.807, 2.05) is 0 Å². The van der Waals surface area contributed by atoms with Gasteiger partial charge in [-0.05, 0) is 20.8 Å². The first-order chi connectivity index (χ1) is 7.43. The smallest absolute Gasteiger partial charge is 0.433 e. The number of esters is 1. The minimum absolute atomic E-state index is 0.0651. The van der Waals surface area contributed by atoms with Crippen LogP contribution in [0.25, 0.3) is 0 Å². The predicted molar refractivity (Wildman–Crippen MR) is 59.0 cm³/mol. The maximum atomic E-state index is 10.9. The van der Waals surface area contributed by atoms with Gasteiger partial charge in [0.2, 0.25) is 0 Å². The molecule has 0 saturated heterocycles. The van der Waals surface area contributed by atoms with Crippen LogP contribution in [0, 0.1) is 0 Å². The first kappa shape index (κ1) is 14.2. The number of hydrogen-bond donors (Lipinski definition) is 1. The first-order valence-electron chi connectivity index (χ1n) is 4.72. The molecule has 90 valence electrons. The lowest BCUT2D eigenvalue weighted by atomic mass is 10.4. The monoisotopic (exact) mass is 228 g/mol. The summed E-state index contributed by atoms with van der Waals surface area (Å²) in [6.45, 7) is 8.58. The molecule has 0 unspecified atom stereocenters. The van der Waals surface area contributed by atoms with Crippen molar-refractivity contribution in [2.75, 3.05) is 13.2 Å². The molecule has 0 aliphatic carbocycles. The van der Waals surface area contributed by atoms with Crippen molar-refractivity contribution in [1.29, 1.82) is 0 Å². The highest BCUT2D eigenvalue weighted by molar-refractivity contribution is 5.86. The van der Waals surface area contributed by atoms with Gasteiger partial charge in [0.25, 0.3) is 0 Å². The van der Waals surface area contributed by atoms with Crippen LogP contribution >= 0.6 is 0 Å². The third-order valence-electron chi connectivity index (χ3n) is 1.26. The minimum Gasteiger partial charge on any atom is -0.460 e. The topological polar surface area (TPSA) is 77.0 Å². The van der Waals surface area contributed by atoms with Gasteiger partial charge in [0.05, 0.1) is 12.3 Å². The van der Waals surface area contributed by atoms with Crippen molar-refractivity contribution < 1.29 is 19.2 Å². The number of nitrogens with zero attached hydrogens (tertiary/aromatic N) is 1. The highest BCUT2D eigenvalue weighted by Crippen LogP contribution is 1.90. The van der Waals surface area contributed by atoms with Gasteiger partial charge in [0.15, 0.2) is 0 Å². The van der Waals surface area contributed by atoms with Crippen LogP contribution in [0.2, 0.25) is 0 Å². The van der Waals surface area contributed by atoms with Gasteiger partial charge in [0.1, 0.15) is 6.61 Å². The molecule has 0 atom stereocenters. The van der Waals surface area contributed by atoms with E-state index >= 15 is 0 Å². The summed E-state index contributed by atoms with van der Waals surface area (Å²) in [6, 6.07) is 0. The Morgan fingerprint density at radius 1 is 1.31 bits per heavy atom. The van der Waals surface area contributed by atoms with Crippen molar-refractivity contribution in [3.8, 4) is 0 Å². The summed E-state index contributed by atoms with van der Waals surface area (Å²) in [5.74, 6) is -0.488. The molecular formula is C10H16N2O4. The summed E-state index contributed by atoms with van der Waals surface area (Å²) in [4.78, 5) is 26.3. The van der Waals surface area contributed by atoms with Gasteiger partial charge < -0.3 is 10.1 Å². The SMILES string of the molecule is C=C(C)C(=O)OCCNC(=O)ON=C(C)C. The lowest BCUT2D eigenvalue weighted by Crippen LogP contribution is -2.27. The second kappa shape index (κ2) is 7.44. The second-order valence-corrected chi connectivity index (χ2v) is 3.26. The second-order valence-electron chi connectivity index (χ2n) is 3.26. The average molecular weight is 228 g/mol. The number of carbonyl (C=O) groups is 2. The van der Waals surface area contributed by atoms with Gasteiger partial charge in [-0.25, -0.2) is 9.59 Å². The van der Waals surface area contributed by atoms with Gasteiger partial charge >= 0.3 is 12.1 Å². The Bertz CT molecular complexity index is 306. The van der Waals surface area contributed by atoms with Crippen LogP contribution in [0.5, 0.6) is 0 Å². The summed E-state index contributed by atoms with van der Waals surface area (Å²) in [7, 11) is 0. The van der Waals surface area contributed by atoms with E-state index in [4.69, 9.17) is 4.74 Å². The molecule has 0 aliphatic rings. The molecule has 0 radical (unpaired) electrons. The zero-order valence-corrected chi connectivity index (χ0v) is 9.70. The maximum Gasteiger partial charge on any atom is 0.433 e. The third kappa shape index (κ3) is 7.54. The summed E-state index contributed by atoms with van der Waals surface area (Å²) in [5, 5.41) is 5.81. The van der Waals surface area contributed by atoms with Crippen LogP contribution in [0.4, 0.5) is 4.79 Å². The maximum absolute atomic E-state index is 10.9. The molecule has 0 spiro atoms. The molecule has 0 bridgehead atoms. The van der Waals surface area contributed by atoms with Crippen LogP contribution < -0.4 is 5.32 Å². The van der Waals surface area contributed by atoms with E-state index in [2.05, 4.69) is 21.9 Å². The first-order valence-corrected chi connectivity index (χ1v) is 4.72. The molecule has 0 aliphatic heterocycles. The summed E-state index contributed by atoms with van der Waals surface area (Å²) < 4.78 is 4.73. The molecule has 0 fully saturated rings. The Morgan fingerprint density at radius 3 is 2.44 bits per heavy atom. The fourth-order valence-corrected chi connectivity index (χ4v) is 0.585. The fourth-order valence-electron chi connectivity index (χ4n) is 0.585. The molecule has 0 rings (SSSR count). The van der Waals surface area contributed by atoms with Crippen molar-refractivity contribution in [2.24, 2.45) is 5.16 Å². The van der Waals surface area contributed by atoms with Crippen molar-refractivity contribution in [2.45, 2.75) is 20.8 Å². The number of rotatable bonds is 5. The largest absolute Gasteiger partial charge is 0.460 e. The van der Waals surface area contributed by atoms with E-state index in [0.29, 0.717) is 11.3 Å². The molecule has 0 aromatic carbocycles. The number of nitrogens with one attached hydrogen (secondary N) is 1. The van der Waals surface area contributed by atoms with E-state index in [-0.39, 0.29) is 13.2 Å². The van der Waals surface area contributed by atoms with Crippen LogP contribution in [0.3, 0.4) is 0 Å². The van der Waals surface area contributed by atoms with Crippen molar-refractivity contribution in [3.05, 3.63) is 12.2 Å². The lowest BCUT2D eigenvalue weighted by Gasteiger charge is -2.04. The van der Waals surface area contributed by atoms with Gasteiger partial charge in [-0.15, -0.1) is 0 Å². The molecule has 1 N–H and O–H groups in total. The summed E-state index contributed by atoms with van der Waals surface area (Å²) in [6.07, 6.45) is -0.687. The average Bonchev–Trinajstić information content (AvgIpc) is 2.20. The predicted octanol–water partition coefficient (Wildman–Crippen LogP) is 1.23. The van der Waals surface area contributed by atoms with Gasteiger partial charge in [-0.2, -0.15) is 0 Å². The minimum atomic E-state index is -0.687. The molecule has 16 heavy (non-hydrogen) atoms. The zero-order valence-electron chi connectivity index (χ0n) is 9.70. The number of amides is 1. The van der Waals surface area contributed by atoms with E-state index < -0.39 is 12.1 Å². The van der Waals surface area contributed by atoms with Gasteiger partial charge in [-0.3, -0.25) is 4.84 Å². The van der Waals surface area contributed by atoms with Crippen LogP contribution in [0.1, 0.15) is 20.8 Å². The molecule has 6 heteroatoms.